The number of carbonyl (C=O) groups is 1. The van der Waals surface area contributed by atoms with Crippen molar-refractivity contribution in [2.75, 3.05) is 7.11 Å². The largest absolute Gasteiger partial charge is 1.00 e. The van der Waals surface area contributed by atoms with Crippen molar-refractivity contribution in [3.8, 4) is 5.75 Å². The monoisotopic (exact) mass is 476 g/mol. The van der Waals surface area contributed by atoms with Gasteiger partial charge in [-0.3, -0.25) is 9.78 Å². The predicted octanol–water partition coefficient (Wildman–Crippen LogP) is -2.98. The van der Waals surface area contributed by atoms with Crippen LogP contribution in [-0.2, 0) is 9.36 Å². The number of hydrogen-bond acceptors (Lipinski definition) is 5. The molecule has 9 nitrogen and oxygen atoms in total. The molecule has 3 aromatic rings. The summed E-state index contributed by atoms with van der Waals surface area (Å²) in [6.45, 7) is 1.45. The van der Waals surface area contributed by atoms with Crippen molar-refractivity contribution in [3.05, 3.63) is 59.1 Å². The number of halogens is 1. The Morgan fingerprint density at radius 3 is 2.43 bits per heavy atom. The summed E-state index contributed by atoms with van der Waals surface area (Å²) in [5.74, 6) is 0.954. The summed E-state index contributed by atoms with van der Waals surface area (Å²) >= 11 is 6.39. The van der Waals surface area contributed by atoms with Crippen LogP contribution in [0.2, 0.25) is 5.02 Å². The van der Waals surface area contributed by atoms with Gasteiger partial charge in [-0.05, 0) is 30.3 Å². The van der Waals surface area contributed by atoms with Crippen LogP contribution in [0.1, 0.15) is 27.1 Å². The zero-order valence-electron chi connectivity index (χ0n) is 18.9. The van der Waals surface area contributed by atoms with Gasteiger partial charge in [0.15, 0.2) is 5.75 Å². The van der Waals surface area contributed by atoms with E-state index in [4.69, 9.17) is 40.0 Å². The molecule has 0 aliphatic heterocycles. The first-order chi connectivity index (χ1) is 13.1. The van der Waals surface area contributed by atoms with Crippen LogP contribution in [0.4, 0.5) is 0 Å². The third kappa shape index (κ3) is 8.61. The fourth-order valence-electron chi connectivity index (χ4n) is 2.59. The maximum Gasteiger partial charge on any atom is 1.00 e. The van der Waals surface area contributed by atoms with Gasteiger partial charge in [-0.1, -0.05) is 11.6 Å². The Morgan fingerprint density at radius 2 is 1.93 bits per heavy atom. The van der Waals surface area contributed by atoms with Gasteiger partial charge in [-0.25, -0.2) is 4.57 Å². The maximum absolute atomic E-state index is 11.6. The molecule has 0 bridgehead atoms. The van der Waals surface area contributed by atoms with Crippen molar-refractivity contribution < 1.29 is 95.2 Å². The molecule has 2 heterocycles. The number of phosphoric acid groups is 1. The number of furan rings is 1. The molecule has 1 unspecified atom stereocenters. The van der Waals surface area contributed by atoms with Crippen LogP contribution in [-0.4, -0.2) is 32.7 Å². The smallest absolute Gasteiger partial charge is 1.00 e. The molecule has 4 N–H and O–H groups in total. The molecular formula is C17H20ClN2Na2O7P. The van der Waals surface area contributed by atoms with Gasteiger partial charge in [0.2, 0.25) is 5.91 Å². The minimum Gasteiger partial charge on any atom is -1.00 e. The minimum absolute atomic E-state index is 0. The Bertz CT molecular complexity index is 1020. The summed E-state index contributed by atoms with van der Waals surface area (Å²) in [6.07, 6.45) is 3.22. The fourth-order valence-corrected chi connectivity index (χ4v) is 2.86. The number of amides is 1. The number of ether oxygens (including phenoxy) is 1. The molecule has 0 fully saturated rings. The normalized spacial score (nSPS) is 11.3. The molecule has 1 atom stereocenters. The van der Waals surface area contributed by atoms with E-state index in [1.165, 1.54) is 6.92 Å². The summed E-state index contributed by atoms with van der Waals surface area (Å²) in [6, 6.07) is 8.49. The Hall–Kier alpha value is -0.420. The molecule has 0 saturated carbocycles. The molecular weight excluding hydrogens is 457 g/mol. The molecule has 1 amide bonds. The number of carbonyl (C=O) groups excluding carboxylic acids is 1. The van der Waals surface area contributed by atoms with Gasteiger partial charge >= 0.3 is 66.9 Å². The van der Waals surface area contributed by atoms with E-state index >= 15 is 0 Å². The molecule has 13 heteroatoms. The quantitative estimate of drug-likeness (QED) is 0.231. The van der Waals surface area contributed by atoms with E-state index in [9.17, 15) is 4.79 Å². The van der Waals surface area contributed by atoms with E-state index in [1.807, 2.05) is 12.1 Å². The SMILES string of the molecule is COc1c(C(NC(C)=O)c2ccco2)cc(Cl)c2cccnc12.O=P(O)(O)O.[H-].[H-].[Na+].[Na+]. The van der Waals surface area contributed by atoms with E-state index < -0.39 is 13.9 Å². The van der Waals surface area contributed by atoms with Crippen LogP contribution < -0.4 is 69.2 Å². The van der Waals surface area contributed by atoms with Crippen LogP contribution in [0.15, 0.2) is 47.2 Å². The zero-order valence-corrected chi connectivity index (χ0v) is 22.5. The second-order valence-corrected chi connectivity index (χ2v) is 6.98. The average Bonchev–Trinajstić information content (AvgIpc) is 3.12. The molecule has 0 aliphatic rings. The van der Waals surface area contributed by atoms with E-state index in [1.54, 1.807) is 37.8 Å². The standard InChI is InChI=1S/C17H15ClN2O3.2Na.H3O4P.2H/c1-10(21)20-15(14-6-4-8-23-14)12-9-13(18)11-5-3-7-19-16(11)17(12)22-2;;;1-5(2,3)4;;/h3-9,15H,1-2H3,(H,20,21);;;(H3,1,2,3,4);;/q;2*+1;;2*-1. The minimum atomic E-state index is -4.64. The molecule has 30 heavy (non-hydrogen) atoms. The van der Waals surface area contributed by atoms with Crippen LogP contribution in [0, 0.1) is 0 Å². The first-order valence-corrected chi connectivity index (χ1v) is 9.76. The van der Waals surface area contributed by atoms with Crippen molar-refractivity contribution in [2.45, 2.75) is 13.0 Å². The van der Waals surface area contributed by atoms with Crippen LogP contribution in [0.25, 0.3) is 10.9 Å². The third-order valence-corrected chi connectivity index (χ3v) is 3.83. The molecule has 1 aromatic carbocycles. The number of benzene rings is 1. The zero-order chi connectivity index (χ0) is 20.9. The van der Waals surface area contributed by atoms with Crippen molar-refractivity contribution in [1.29, 1.82) is 0 Å². The van der Waals surface area contributed by atoms with Crippen molar-refractivity contribution in [3.63, 3.8) is 0 Å². The van der Waals surface area contributed by atoms with Gasteiger partial charge in [0.1, 0.15) is 17.3 Å². The Balaban J connectivity index is -0.000000849. The molecule has 3 rings (SSSR count). The molecule has 0 radical (unpaired) electrons. The molecule has 154 valence electrons. The van der Waals surface area contributed by atoms with Crippen LogP contribution in [0.3, 0.4) is 0 Å². The maximum atomic E-state index is 11.6. The van der Waals surface area contributed by atoms with E-state index in [2.05, 4.69) is 10.3 Å². The number of nitrogens with zero attached hydrogens (tertiary/aromatic N) is 1. The van der Waals surface area contributed by atoms with Gasteiger partial charge in [0.25, 0.3) is 0 Å². The number of methoxy groups -OCH3 is 1. The summed E-state index contributed by atoms with van der Waals surface area (Å²) in [7, 11) is -3.08. The Kier molecular flexibility index (Phi) is 13.0. The molecule has 2 aromatic heterocycles. The third-order valence-electron chi connectivity index (χ3n) is 3.51. The van der Waals surface area contributed by atoms with Gasteiger partial charge < -0.3 is 32.0 Å². The number of pyridine rings is 1. The van der Waals surface area contributed by atoms with Gasteiger partial charge in [-0.15, -0.1) is 0 Å². The molecule has 0 aliphatic carbocycles. The van der Waals surface area contributed by atoms with Crippen molar-refractivity contribution >= 4 is 36.2 Å². The van der Waals surface area contributed by atoms with Crippen molar-refractivity contribution in [2.24, 2.45) is 0 Å². The number of fused-ring (bicyclic) bond motifs is 1. The van der Waals surface area contributed by atoms with Crippen LogP contribution in [0.5, 0.6) is 5.75 Å². The summed E-state index contributed by atoms with van der Waals surface area (Å²) < 4.78 is 19.9. The number of rotatable bonds is 4. The van der Waals surface area contributed by atoms with Crippen LogP contribution >= 0.6 is 19.4 Å². The second kappa shape index (κ2) is 13.2. The fraction of sp³-hybridized carbons (Fsp3) is 0.176. The second-order valence-electron chi connectivity index (χ2n) is 5.54. The predicted molar refractivity (Wildman–Crippen MR) is 104 cm³/mol. The van der Waals surface area contributed by atoms with Gasteiger partial charge in [0, 0.05) is 24.1 Å². The van der Waals surface area contributed by atoms with Gasteiger partial charge in [-0.2, -0.15) is 0 Å². The first-order valence-electron chi connectivity index (χ1n) is 7.81. The molecule has 0 spiro atoms. The topological polar surface area (TPSA) is 142 Å². The van der Waals surface area contributed by atoms with Gasteiger partial charge in [0.05, 0.1) is 18.4 Å². The summed E-state index contributed by atoms with van der Waals surface area (Å²) in [5, 5.41) is 4.19. The number of aromatic nitrogens is 1. The van der Waals surface area contributed by atoms with E-state index in [-0.39, 0.29) is 67.9 Å². The number of hydrogen-bond donors (Lipinski definition) is 4. The van der Waals surface area contributed by atoms with E-state index in [0.717, 1.165) is 5.39 Å². The first kappa shape index (κ1) is 29.6. The van der Waals surface area contributed by atoms with E-state index in [0.29, 0.717) is 27.6 Å². The average molecular weight is 477 g/mol. The van der Waals surface area contributed by atoms with Crippen molar-refractivity contribution in [1.82, 2.24) is 10.3 Å². The summed E-state index contributed by atoms with van der Waals surface area (Å²) in [4.78, 5) is 37.6. The number of nitrogens with one attached hydrogen (secondary N) is 1. The molecule has 0 saturated heterocycles. The Labute approximate surface area is 225 Å². The Morgan fingerprint density at radius 1 is 1.30 bits per heavy atom. The summed E-state index contributed by atoms with van der Waals surface area (Å²) in [5.41, 5.74) is 1.33.